The number of ether oxygens (including phenoxy) is 2. The van der Waals surface area contributed by atoms with Crippen LogP contribution >= 0.6 is 0 Å². The van der Waals surface area contributed by atoms with Gasteiger partial charge in [-0.3, -0.25) is 0 Å². The van der Waals surface area contributed by atoms with Crippen LogP contribution < -0.4 is 0 Å². The number of rotatable bonds is 14. The summed E-state index contributed by atoms with van der Waals surface area (Å²) in [5.74, 6) is 0. The molecule has 0 aliphatic rings. The molecule has 0 fully saturated rings. The van der Waals surface area contributed by atoms with Gasteiger partial charge in [-0.2, -0.15) is 0 Å². The topological polar surface area (TPSA) is 18.5 Å². The summed E-state index contributed by atoms with van der Waals surface area (Å²) in [5.41, 5.74) is 0. The van der Waals surface area contributed by atoms with Crippen molar-refractivity contribution in [1.82, 2.24) is 0 Å². The Kier molecular flexibility index (Phi) is 14.3. The van der Waals surface area contributed by atoms with Crippen LogP contribution in [0.4, 0.5) is 0 Å². The van der Waals surface area contributed by atoms with Crippen LogP contribution in [0.5, 0.6) is 0 Å². The van der Waals surface area contributed by atoms with Gasteiger partial charge in [-0.15, -0.1) is 0 Å². The standard InChI is InChI=1S/C17H35O2/c1-5-8-9-10-11-14-19-17(12-6-2)15-16(4)18-13-7-3/h16-17H,2,5-15H2,1,3-4H3. The molecule has 0 heterocycles. The fourth-order valence-electron chi connectivity index (χ4n) is 2.21. The third kappa shape index (κ3) is 12.7. The minimum Gasteiger partial charge on any atom is -0.378 e. The molecule has 2 unspecified atom stereocenters. The summed E-state index contributed by atoms with van der Waals surface area (Å²) < 4.78 is 11.7. The monoisotopic (exact) mass is 271 g/mol. The van der Waals surface area contributed by atoms with E-state index in [0.29, 0.717) is 12.2 Å². The smallest absolute Gasteiger partial charge is 0.0599 e. The molecule has 0 rings (SSSR count). The van der Waals surface area contributed by atoms with E-state index in [2.05, 4.69) is 27.7 Å². The molecule has 0 aromatic heterocycles. The lowest BCUT2D eigenvalue weighted by Gasteiger charge is -2.21. The van der Waals surface area contributed by atoms with E-state index >= 15 is 0 Å². The minimum atomic E-state index is 0.302. The highest BCUT2D eigenvalue weighted by atomic mass is 16.5. The van der Waals surface area contributed by atoms with Crippen molar-refractivity contribution in [3.05, 3.63) is 6.92 Å². The van der Waals surface area contributed by atoms with Crippen LogP contribution in [0.2, 0.25) is 0 Å². The summed E-state index contributed by atoms with van der Waals surface area (Å²) in [7, 11) is 0. The highest BCUT2D eigenvalue weighted by molar-refractivity contribution is 4.64. The van der Waals surface area contributed by atoms with E-state index in [9.17, 15) is 0 Å². The molecule has 0 aromatic carbocycles. The zero-order chi connectivity index (χ0) is 14.3. The van der Waals surface area contributed by atoms with Gasteiger partial charge in [0.1, 0.15) is 0 Å². The van der Waals surface area contributed by atoms with Gasteiger partial charge in [-0.1, -0.05) is 52.9 Å². The number of hydrogen-bond acceptors (Lipinski definition) is 2. The van der Waals surface area contributed by atoms with Gasteiger partial charge < -0.3 is 9.47 Å². The molecule has 19 heavy (non-hydrogen) atoms. The molecule has 0 aliphatic carbocycles. The molecule has 0 aromatic rings. The molecule has 2 atom stereocenters. The second kappa shape index (κ2) is 14.3. The number of hydrogen-bond donors (Lipinski definition) is 0. The van der Waals surface area contributed by atoms with Crippen molar-refractivity contribution >= 4 is 0 Å². The Labute approximate surface area is 121 Å². The second-order valence-corrected chi connectivity index (χ2v) is 5.47. The van der Waals surface area contributed by atoms with E-state index in [0.717, 1.165) is 38.9 Å². The molecule has 1 radical (unpaired) electrons. The van der Waals surface area contributed by atoms with Crippen molar-refractivity contribution in [2.75, 3.05) is 13.2 Å². The molecule has 0 saturated heterocycles. The fourth-order valence-corrected chi connectivity index (χ4v) is 2.21. The van der Waals surface area contributed by atoms with Gasteiger partial charge >= 0.3 is 0 Å². The van der Waals surface area contributed by atoms with Crippen LogP contribution in [0.3, 0.4) is 0 Å². The molecule has 2 heteroatoms. The maximum absolute atomic E-state index is 5.99. The van der Waals surface area contributed by atoms with Crippen molar-refractivity contribution in [1.29, 1.82) is 0 Å². The van der Waals surface area contributed by atoms with Crippen molar-refractivity contribution in [2.45, 2.75) is 90.8 Å². The average molecular weight is 271 g/mol. The third-order valence-corrected chi connectivity index (χ3v) is 3.33. The predicted molar refractivity (Wildman–Crippen MR) is 83.4 cm³/mol. The van der Waals surface area contributed by atoms with Crippen LogP contribution in [0.15, 0.2) is 0 Å². The normalized spacial score (nSPS) is 14.5. The largest absolute Gasteiger partial charge is 0.378 e. The highest BCUT2D eigenvalue weighted by Gasteiger charge is 2.13. The fraction of sp³-hybridized carbons (Fsp3) is 0.941. The molecule has 2 nitrogen and oxygen atoms in total. The van der Waals surface area contributed by atoms with Gasteiger partial charge in [-0.05, 0) is 32.6 Å². The molecule has 115 valence electrons. The average Bonchev–Trinajstić information content (AvgIpc) is 2.40. The highest BCUT2D eigenvalue weighted by Crippen LogP contribution is 2.13. The quantitative estimate of drug-likeness (QED) is 0.406. The van der Waals surface area contributed by atoms with Gasteiger partial charge in [-0.25, -0.2) is 0 Å². The predicted octanol–water partition coefficient (Wildman–Crippen LogP) is 5.16. The van der Waals surface area contributed by atoms with Crippen molar-refractivity contribution in [3.8, 4) is 0 Å². The summed E-state index contributed by atoms with van der Waals surface area (Å²) in [6.45, 7) is 12.2. The van der Waals surface area contributed by atoms with E-state index < -0.39 is 0 Å². The summed E-state index contributed by atoms with van der Waals surface area (Å²) >= 11 is 0. The zero-order valence-corrected chi connectivity index (χ0v) is 13.5. The van der Waals surface area contributed by atoms with Gasteiger partial charge in [0.05, 0.1) is 12.2 Å². The molecule has 0 bridgehead atoms. The molecule has 0 N–H and O–H groups in total. The lowest BCUT2D eigenvalue weighted by Crippen LogP contribution is -2.22. The van der Waals surface area contributed by atoms with Gasteiger partial charge in [0.2, 0.25) is 0 Å². The Morgan fingerprint density at radius 3 is 2.26 bits per heavy atom. The first-order chi connectivity index (χ1) is 9.24. The Balaban J connectivity index is 3.66. The van der Waals surface area contributed by atoms with Crippen LogP contribution in [0.1, 0.15) is 78.6 Å². The molecule has 0 aliphatic heterocycles. The Bertz CT molecular complexity index is 171. The molecular weight excluding hydrogens is 236 g/mol. The Hall–Kier alpha value is -0.0800. The van der Waals surface area contributed by atoms with Gasteiger partial charge in [0.25, 0.3) is 0 Å². The van der Waals surface area contributed by atoms with Gasteiger partial charge in [0.15, 0.2) is 0 Å². The number of unbranched alkanes of at least 4 members (excludes halogenated alkanes) is 4. The maximum atomic E-state index is 5.99. The maximum Gasteiger partial charge on any atom is 0.0599 e. The van der Waals surface area contributed by atoms with E-state index in [-0.39, 0.29) is 0 Å². The Morgan fingerprint density at radius 1 is 0.895 bits per heavy atom. The first-order valence-corrected chi connectivity index (χ1v) is 8.27. The summed E-state index contributed by atoms with van der Waals surface area (Å²) in [4.78, 5) is 0. The lowest BCUT2D eigenvalue weighted by atomic mass is 10.1. The van der Waals surface area contributed by atoms with Crippen molar-refractivity contribution < 1.29 is 9.47 Å². The summed E-state index contributed by atoms with van der Waals surface area (Å²) in [5, 5.41) is 0. The Morgan fingerprint density at radius 2 is 1.63 bits per heavy atom. The van der Waals surface area contributed by atoms with Crippen LogP contribution in [-0.2, 0) is 9.47 Å². The van der Waals surface area contributed by atoms with Gasteiger partial charge in [0, 0.05) is 13.2 Å². The van der Waals surface area contributed by atoms with Crippen LogP contribution in [-0.4, -0.2) is 25.4 Å². The first kappa shape index (κ1) is 18.9. The third-order valence-electron chi connectivity index (χ3n) is 3.33. The van der Waals surface area contributed by atoms with Crippen molar-refractivity contribution in [3.63, 3.8) is 0 Å². The van der Waals surface area contributed by atoms with E-state index in [1.165, 1.54) is 32.1 Å². The summed E-state index contributed by atoms with van der Waals surface area (Å²) in [6, 6.07) is 0. The summed E-state index contributed by atoms with van der Waals surface area (Å²) in [6.07, 6.45) is 11.2. The van der Waals surface area contributed by atoms with Crippen LogP contribution in [0, 0.1) is 6.92 Å². The second-order valence-electron chi connectivity index (χ2n) is 5.47. The van der Waals surface area contributed by atoms with Crippen molar-refractivity contribution in [2.24, 2.45) is 0 Å². The zero-order valence-electron chi connectivity index (χ0n) is 13.5. The molecule has 0 spiro atoms. The lowest BCUT2D eigenvalue weighted by molar-refractivity contribution is -0.0142. The molecular formula is C17H35O2. The van der Waals surface area contributed by atoms with E-state index in [4.69, 9.17) is 9.47 Å². The van der Waals surface area contributed by atoms with E-state index in [1.807, 2.05) is 0 Å². The first-order valence-electron chi connectivity index (χ1n) is 8.27. The SMILES string of the molecule is [CH2]CCC(CC(C)OCCC)OCCCCCCC. The van der Waals surface area contributed by atoms with E-state index in [1.54, 1.807) is 0 Å². The van der Waals surface area contributed by atoms with Crippen LogP contribution in [0.25, 0.3) is 0 Å². The minimum absolute atomic E-state index is 0.302. The molecule has 0 amide bonds. The molecule has 0 saturated carbocycles.